The van der Waals surface area contributed by atoms with Gasteiger partial charge < -0.3 is 34.1 Å². The number of urea groups is 1. The number of pyridine rings is 1. The number of hydrogen-bond donors (Lipinski definition) is 2. The van der Waals surface area contributed by atoms with Crippen molar-refractivity contribution in [3.05, 3.63) is 66.2 Å². The van der Waals surface area contributed by atoms with Crippen LogP contribution in [0.3, 0.4) is 0 Å². The molecule has 0 radical (unpaired) electrons. The Bertz CT molecular complexity index is 1730. The molecule has 0 saturated carbocycles. The monoisotopic (exact) mass is 670 g/mol. The van der Waals surface area contributed by atoms with Gasteiger partial charge in [-0.1, -0.05) is 26.6 Å². The van der Waals surface area contributed by atoms with E-state index in [0.29, 0.717) is 48.7 Å². The summed E-state index contributed by atoms with van der Waals surface area (Å²) in [6.07, 6.45) is 2.99. The van der Waals surface area contributed by atoms with Gasteiger partial charge in [-0.25, -0.2) is 22.9 Å². The van der Waals surface area contributed by atoms with Gasteiger partial charge in [0.25, 0.3) is 0 Å². The number of ether oxygens (including phenoxy) is 4. The number of carbonyl (C=O) groups excluding carboxylic acids is 1. The average Bonchev–Trinajstić information content (AvgIpc) is 3.33. The van der Waals surface area contributed by atoms with Crippen molar-refractivity contribution < 1.29 is 36.9 Å². The quantitative estimate of drug-likeness (QED) is 0.110. The molecule has 0 bridgehead atoms. The van der Waals surface area contributed by atoms with E-state index in [1.54, 1.807) is 22.9 Å². The van der Waals surface area contributed by atoms with E-state index in [0.717, 1.165) is 18.2 Å². The second kappa shape index (κ2) is 14.0. The normalized spacial score (nSPS) is 14.3. The van der Waals surface area contributed by atoms with E-state index in [1.165, 1.54) is 18.3 Å². The molecule has 13 heteroatoms. The Hall–Kier alpha value is -4.07. The van der Waals surface area contributed by atoms with Crippen molar-refractivity contribution in [1.82, 2.24) is 14.9 Å². The zero-order valence-corrected chi connectivity index (χ0v) is 28.5. The molecule has 47 heavy (non-hydrogen) atoms. The number of nitrogens with zero attached hydrogens (tertiary/aromatic N) is 2. The summed E-state index contributed by atoms with van der Waals surface area (Å²) in [7, 11) is -1.34. The molecule has 0 spiro atoms. The third kappa shape index (κ3) is 8.45. The van der Waals surface area contributed by atoms with Crippen molar-refractivity contribution in [2.24, 2.45) is 5.41 Å². The molecular formula is C34H41F3N4O5Si. The summed E-state index contributed by atoms with van der Waals surface area (Å²) in [5.74, 6) is -2.90. The van der Waals surface area contributed by atoms with Gasteiger partial charge in [0.2, 0.25) is 0 Å². The highest BCUT2D eigenvalue weighted by Crippen LogP contribution is 2.41. The summed E-state index contributed by atoms with van der Waals surface area (Å²) in [6, 6.07) is 8.27. The zero-order valence-electron chi connectivity index (χ0n) is 27.5. The predicted molar refractivity (Wildman–Crippen MR) is 177 cm³/mol. The highest BCUT2D eigenvalue weighted by atomic mass is 28.3. The van der Waals surface area contributed by atoms with Crippen LogP contribution in [0.5, 0.6) is 17.2 Å². The molecule has 9 nitrogen and oxygen atoms in total. The first kappa shape index (κ1) is 34.3. The minimum Gasteiger partial charge on any atom is -0.491 e. The molecule has 2 amide bonds. The minimum absolute atomic E-state index is 0.0555. The van der Waals surface area contributed by atoms with Crippen molar-refractivity contribution in [2.45, 2.75) is 59.3 Å². The number of nitrogens with one attached hydrogen (secondary N) is 2. The first-order valence-electron chi connectivity index (χ1n) is 15.5. The maximum absolute atomic E-state index is 15.6. The fraction of sp³-hybridized carbons (Fsp3) is 0.412. The number of carbonyl (C=O) groups is 1. The van der Waals surface area contributed by atoms with Crippen LogP contribution in [0.1, 0.15) is 20.8 Å². The van der Waals surface area contributed by atoms with Crippen LogP contribution in [-0.2, 0) is 16.2 Å². The fourth-order valence-electron chi connectivity index (χ4n) is 5.04. The highest BCUT2D eigenvalue weighted by molar-refractivity contribution is 6.76. The van der Waals surface area contributed by atoms with E-state index in [4.69, 9.17) is 18.9 Å². The van der Waals surface area contributed by atoms with Crippen LogP contribution in [0.25, 0.3) is 22.2 Å². The van der Waals surface area contributed by atoms with E-state index in [2.05, 4.69) is 35.3 Å². The average molecular weight is 671 g/mol. The van der Waals surface area contributed by atoms with Crippen LogP contribution >= 0.6 is 0 Å². The van der Waals surface area contributed by atoms with E-state index < -0.39 is 37.3 Å². The number of amides is 2. The lowest BCUT2D eigenvalue weighted by Gasteiger charge is -2.37. The minimum atomic E-state index is -1.34. The van der Waals surface area contributed by atoms with E-state index >= 15 is 13.2 Å². The molecule has 252 valence electrons. The van der Waals surface area contributed by atoms with Crippen molar-refractivity contribution >= 4 is 30.8 Å². The summed E-state index contributed by atoms with van der Waals surface area (Å²) < 4.78 is 70.7. The van der Waals surface area contributed by atoms with Crippen LogP contribution in [0.2, 0.25) is 25.7 Å². The molecule has 1 saturated heterocycles. The maximum atomic E-state index is 15.6. The van der Waals surface area contributed by atoms with Gasteiger partial charge in [-0.3, -0.25) is 0 Å². The topological polar surface area (TPSA) is 95.9 Å². The predicted octanol–water partition coefficient (Wildman–Crippen LogP) is 8.17. The summed E-state index contributed by atoms with van der Waals surface area (Å²) in [5, 5.41) is 5.48. The Balaban J connectivity index is 1.46. The molecule has 2 aromatic carbocycles. The molecule has 2 aromatic heterocycles. The molecule has 1 aliphatic rings. The first-order valence-corrected chi connectivity index (χ1v) is 19.2. The Morgan fingerprint density at radius 1 is 1.06 bits per heavy atom. The Morgan fingerprint density at radius 2 is 1.79 bits per heavy atom. The van der Waals surface area contributed by atoms with E-state index in [-0.39, 0.29) is 35.3 Å². The van der Waals surface area contributed by atoms with Gasteiger partial charge in [0, 0.05) is 74.0 Å². The van der Waals surface area contributed by atoms with Crippen molar-refractivity contribution in [3.8, 4) is 28.4 Å². The number of halogens is 3. The Morgan fingerprint density at radius 3 is 2.40 bits per heavy atom. The van der Waals surface area contributed by atoms with Crippen molar-refractivity contribution in [2.75, 3.05) is 31.7 Å². The van der Waals surface area contributed by atoms with Crippen molar-refractivity contribution in [1.29, 1.82) is 0 Å². The molecule has 1 aliphatic heterocycles. The third-order valence-corrected chi connectivity index (χ3v) is 9.30. The Kier molecular flexibility index (Phi) is 10.2. The molecule has 5 rings (SSSR count). The third-order valence-electron chi connectivity index (χ3n) is 7.59. The molecular weight excluding hydrogens is 629 g/mol. The highest BCUT2D eigenvalue weighted by Gasteiger charge is 2.33. The van der Waals surface area contributed by atoms with Gasteiger partial charge in [-0.05, 0) is 38.1 Å². The lowest BCUT2D eigenvalue weighted by molar-refractivity contribution is -0.0974. The molecule has 2 N–H and O–H groups in total. The second-order valence-electron chi connectivity index (χ2n) is 13.7. The lowest BCUT2D eigenvalue weighted by Crippen LogP contribution is -2.49. The number of aromatic nitrogens is 2. The molecule has 0 atom stereocenters. The molecule has 3 heterocycles. The summed E-state index contributed by atoms with van der Waals surface area (Å²) in [4.78, 5) is 16.9. The van der Waals surface area contributed by atoms with Gasteiger partial charge in [0.1, 0.15) is 29.7 Å². The standard InChI is InChI=1S/C34H41F3N4O5Si/c1-21(2)45-23-7-8-24(26(35)15-23)25-16-41(20-43-11-12-47(4,5)6)32-30(25)29(9-10-38-32)46-31-27(36)13-22(14-28(31)37)40-33(42)39-17-34(3)18-44-19-34/h7-10,13-16,21H,11-12,17-20H2,1-6H3,(H2,39,40,42). The molecule has 4 aromatic rings. The van der Waals surface area contributed by atoms with Gasteiger partial charge in [-0.2, -0.15) is 0 Å². The summed E-state index contributed by atoms with van der Waals surface area (Å²) in [6.45, 7) is 14.5. The number of benzene rings is 2. The number of hydrogen-bond acceptors (Lipinski definition) is 6. The van der Waals surface area contributed by atoms with Gasteiger partial charge in [0.05, 0.1) is 24.7 Å². The smallest absolute Gasteiger partial charge is 0.319 e. The SMILES string of the molecule is CC(C)Oc1ccc(-c2cn(COCC[Si](C)(C)C)c3nccc(Oc4c(F)cc(NC(=O)NCC5(C)COC5)cc4F)c23)c(F)c1. The fourth-order valence-corrected chi connectivity index (χ4v) is 5.79. The van der Waals surface area contributed by atoms with Gasteiger partial charge in [0.15, 0.2) is 17.4 Å². The van der Waals surface area contributed by atoms with Crippen molar-refractivity contribution in [3.63, 3.8) is 0 Å². The molecule has 1 fully saturated rings. The van der Waals surface area contributed by atoms with Gasteiger partial charge in [-0.15, -0.1) is 0 Å². The van der Waals surface area contributed by atoms with Crippen LogP contribution in [0.4, 0.5) is 23.7 Å². The lowest BCUT2D eigenvalue weighted by atomic mass is 9.89. The number of anilines is 1. The summed E-state index contributed by atoms with van der Waals surface area (Å²) in [5.41, 5.74) is 0.735. The number of fused-ring (bicyclic) bond motifs is 1. The summed E-state index contributed by atoms with van der Waals surface area (Å²) >= 11 is 0. The first-order chi connectivity index (χ1) is 22.2. The van der Waals surface area contributed by atoms with Crippen LogP contribution in [0.15, 0.2) is 48.8 Å². The van der Waals surface area contributed by atoms with Gasteiger partial charge >= 0.3 is 6.03 Å². The number of rotatable bonds is 13. The molecule has 0 aliphatic carbocycles. The zero-order chi connectivity index (χ0) is 33.9. The van der Waals surface area contributed by atoms with E-state index in [9.17, 15) is 4.79 Å². The Labute approximate surface area is 273 Å². The second-order valence-corrected chi connectivity index (χ2v) is 19.3. The van der Waals surface area contributed by atoms with Crippen LogP contribution < -0.4 is 20.1 Å². The van der Waals surface area contributed by atoms with E-state index in [1.807, 2.05) is 20.8 Å². The largest absolute Gasteiger partial charge is 0.491 e. The van der Waals surface area contributed by atoms with Crippen LogP contribution in [-0.4, -0.2) is 56.1 Å². The van der Waals surface area contributed by atoms with Crippen LogP contribution in [0, 0.1) is 22.9 Å². The maximum Gasteiger partial charge on any atom is 0.319 e. The molecule has 0 unspecified atom stereocenters.